The summed E-state index contributed by atoms with van der Waals surface area (Å²) in [5.74, 6) is 0.804. The number of amides is 2. The first kappa shape index (κ1) is 26.7. The van der Waals surface area contributed by atoms with Gasteiger partial charge in [-0.1, -0.05) is 49.2 Å². The molecule has 10 heteroatoms. The van der Waals surface area contributed by atoms with Crippen LogP contribution in [0.25, 0.3) is 0 Å². The Bertz CT molecular complexity index is 957. The predicted octanol–water partition coefficient (Wildman–Crippen LogP) is 4.77. The third-order valence-electron chi connectivity index (χ3n) is 4.70. The van der Waals surface area contributed by atoms with E-state index in [1.807, 2.05) is 24.3 Å². The highest BCUT2D eigenvalue weighted by atomic mass is 35.5. The standard InChI is InChI=1S/C23H27Cl2N3O4S/c1-3-15(2)16-6-9-18(10-7-16)32-14-22(30)27-28-23(33)26-21(29)5-4-12-31-20-11-8-17(24)13-19(20)25/h6-11,13,15H,3-5,12,14H2,1-2H3,(H,27,30)(H2,26,28,29,33). The summed E-state index contributed by atoms with van der Waals surface area (Å²) in [6, 6.07) is 12.5. The Morgan fingerprint density at radius 1 is 1.03 bits per heavy atom. The van der Waals surface area contributed by atoms with Gasteiger partial charge in [-0.2, -0.15) is 0 Å². The number of carbonyl (C=O) groups is 2. The molecule has 2 aromatic rings. The molecule has 0 aliphatic carbocycles. The molecule has 33 heavy (non-hydrogen) atoms. The maximum Gasteiger partial charge on any atom is 0.276 e. The lowest BCUT2D eigenvalue weighted by Crippen LogP contribution is -2.49. The number of benzene rings is 2. The minimum Gasteiger partial charge on any atom is -0.492 e. The fourth-order valence-electron chi connectivity index (χ4n) is 2.67. The first-order valence-electron chi connectivity index (χ1n) is 10.5. The molecule has 0 heterocycles. The molecule has 0 spiro atoms. The second-order valence-corrected chi connectivity index (χ2v) is 8.50. The predicted molar refractivity (Wildman–Crippen MR) is 134 cm³/mol. The molecule has 1 unspecified atom stereocenters. The number of hydrazine groups is 1. The van der Waals surface area contributed by atoms with Gasteiger partial charge in [-0.15, -0.1) is 0 Å². The molecule has 0 bridgehead atoms. The molecule has 0 fully saturated rings. The minimum atomic E-state index is -0.439. The molecule has 0 radical (unpaired) electrons. The van der Waals surface area contributed by atoms with Crippen molar-refractivity contribution < 1.29 is 19.1 Å². The van der Waals surface area contributed by atoms with Crippen LogP contribution in [0.15, 0.2) is 42.5 Å². The van der Waals surface area contributed by atoms with Crippen molar-refractivity contribution in [3.8, 4) is 11.5 Å². The summed E-state index contributed by atoms with van der Waals surface area (Å²) in [5, 5.41) is 3.37. The van der Waals surface area contributed by atoms with Gasteiger partial charge in [0.05, 0.1) is 11.6 Å². The molecule has 0 aliphatic heterocycles. The van der Waals surface area contributed by atoms with Crippen LogP contribution in [0, 0.1) is 0 Å². The van der Waals surface area contributed by atoms with Crippen molar-refractivity contribution in [3.05, 3.63) is 58.1 Å². The van der Waals surface area contributed by atoms with Gasteiger partial charge < -0.3 is 14.8 Å². The number of rotatable bonds is 10. The molecule has 0 saturated heterocycles. The van der Waals surface area contributed by atoms with Crippen LogP contribution < -0.4 is 25.6 Å². The smallest absolute Gasteiger partial charge is 0.276 e. The van der Waals surface area contributed by atoms with Crippen molar-refractivity contribution in [2.75, 3.05) is 13.2 Å². The zero-order chi connectivity index (χ0) is 24.2. The molecule has 3 N–H and O–H groups in total. The molecule has 0 saturated carbocycles. The number of thiocarbonyl (C=S) groups is 1. The molecule has 0 aromatic heterocycles. The van der Waals surface area contributed by atoms with Crippen molar-refractivity contribution in [3.63, 3.8) is 0 Å². The highest BCUT2D eigenvalue weighted by Crippen LogP contribution is 2.27. The first-order valence-corrected chi connectivity index (χ1v) is 11.6. The van der Waals surface area contributed by atoms with E-state index in [0.29, 0.717) is 40.5 Å². The summed E-state index contributed by atoms with van der Waals surface area (Å²) >= 11 is 16.9. The second-order valence-electron chi connectivity index (χ2n) is 7.24. The van der Waals surface area contributed by atoms with Gasteiger partial charge >= 0.3 is 0 Å². The van der Waals surface area contributed by atoms with Crippen LogP contribution in [-0.2, 0) is 9.59 Å². The minimum absolute atomic E-state index is 0.0204. The number of ether oxygens (including phenoxy) is 2. The SMILES string of the molecule is CCC(C)c1ccc(OCC(=O)NNC(=S)NC(=O)CCCOc2ccc(Cl)cc2Cl)cc1. The Labute approximate surface area is 209 Å². The molecule has 1 atom stereocenters. The van der Waals surface area contributed by atoms with Gasteiger partial charge in [-0.05, 0) is 66.9 Å². The Morgan fingerprint density at radius 2 is 1.76 bits per heavy atom. The highest BCUT2D eigenvalue weighted by Gasteiger charge is 2.09. The van der Waals surface area contributed by atoms with Gasteiger partial charge in [-0.25, -0.2) is 0 Å². The summed E-state index contributed by atoms with van der Waals surface area (Å²) in [6.45, 7) is 4.38. The van der Waals surface area contributed by atoms with Crippen molar-refractivity contribution in [1.29, 1.82) is 0 Å². The summed E-state index contributed by atoms with van der Waals surface area (Å²) in [6.07, 6.45) is 1.68. The number of hydrogen-bond donors (Lipinski definition) is 3. The normalized spacial score (nSPS) is 11.3. The van der Waals surface area contributed by atoms with Crippen LogP contribution in [0.1, 0.15) is 44.6 Å². The van der Waals surface area contributed by atoms with Gasteiger partial charge in [0.25, 0.3) is 5.91 Å². The van der Waals surface area contributed by atoms with Crippen molar-refractivity contribution in [2.24, 2.45) is 0 Å². The largest absolute Gasteiger partial charge is 0.492 e. The Hall–Kier alpha value is -2.55. The zero-order valence-corrected chi connectivity index (χ0v) is 20.8. The quantitative estimate of drug-likeness (QED) is 0.242. The van der Waals surface area contributed by atoms with E-state index in [1.165, 1.54) is 5.56 Å². The van der Waals surface area contributed by atoms with Crippen molar-refractivity contribution in [1.82, 2.24) is 16.2 Å². The van der Waals surface area contributed by atoms with Crippen LogP contribution in [-0.4, -0.2) is 30.1 Å². The summed E-state index contributed by atoms with van der Waals surface area (Å²) in [4.78, 5) is 23.9. The number of halogens is 2. The van der Waals surface area contributed by atoms with Gasteiger partial charge in [0.2, 0.25) is 5.91 Å². The van der Waals surface area contributed by atoms with E-state index in [0.717, 1.165) is 6.42 Å². The van der Waals surface area contributed by atoms with E-state index < -0.39 is 5.91 Å². The van der Waals surface area contributed by atoms with Gasteiger partial charge in [0.15, 0.2) is 11.7 Å². The van der Waals surface area contributed by atoms with E-state index in [1.54, 1.807) is 18.2 Å². The van der Waals surface area contributed by atoms with Crippen LogP contribution in [0.4, 0.5) is 0 Å². The van der Waals surface area contributed by atoms with E-state index >= 15 is 0 Å². The molecule has 2 rings (SSSR count). The fourth-order valence-corrected chi connectivity index (χ4v) is 3.30. The number of hydrogen-bond acceptors (Lipinski definition) is 5. The molecule has 7 nitrogen and oxygen atoms in total. The Kier molecular flexibility index (Phi) is 11.2. The molecular formula is C23H27Cl2N3O4S. The second kappa shape index (κ2) is 13.9. The Balaban J connectivity index is 1.59. The third-order valence-corrected chi connectivity index (χ3v) is 5.43. The van der Waals surface area contributed by atoms with Gasteiger partial charge in [0.1, 0.15) is 11.5 Å². The van der Waals surface area contributed by atoms with Crippen LogP contribution in [0.3, 0.4) is 0 Å². The monoisotopic (exact) mass is 511 g/mol. The first-order chi connectivity index (χ1) is 15.8. The molecule has 2 amide bonds. The fraction of sp³-hybridized carbons (Fsp3) is 0.348. The van der Waals surface area contributed by atoms with Gasteiger partial charge in [-0.3, -0.25) is 20.4 Å². The van der Waals surface area contributed by atoms with Crippen LogP contribution >= 0.6 is 35.4 Å². The Morgan fingerprint density at radius 3 is 2.42 bits per heavy atom. The third kappa shape index (κ3) is 9.86. The van der Waals surface area contributed by atoms with Gasteiger partial charge in [0, 0.05) is 11.4 Å². The van der Waals surface area contributed by atoms with E-state index in [9.17, 15) is 9.59 Å². The van der Waals surface area contributed by atoms with E-state index in [2.05, 4.69) is 30.0 Å². The summed E-state index contributed by atoms with van der Waals surface area (Å²) in [7, 11) is 0. The van der Waals surface area contributed by atoms with Crippen molar-refractivity contribution in [2.45, 2.75) is 39.0 Å². The maximum atomic E-state index is 12.0. The average molecular weight is 512 g/mol. The van der Waals surface area contributed by atoms with Crippen LogP contribution in [0.5, 0.6) is 11.5 Å². The van der Waals surface area contributed by atoms with Crippen molar-refractivity contribution >= 4 is 52.3 Å². The number of carbonyl (C=O) groups excluding carboxylic acids is 2. The molecule has 178 valence electrons. The zero-order valence-electron chi connectivity index (χ0n) is 18.5. The molecule has 0 aliphatic rings. The number of nitrogens with one attached hydrogen (secondary N) is 3. The highest BCUT2D eigenvalue weighted by molar-refractivity contribution is 7.80. The maximum absolute atomic E-state index is 12.0. The summed E-state index contributed by atoms with van der Waals surface area (Å²) in [5.41, 5.74) is 6.07. The average Bonchev–Trinajstić information content (AvgIpc) is 2.80. The van der Waals surface area contributed by atoms with Crippen LogP contribution in [0.2, 0.25) is 10.0 Å². The lowest BCUT2D eigenvalue weighted by molar-refractivity contribution is -0.124. The molecule has 2 aromatic carbocycles. The lowest BCUT2D eigenvalue weighted by Gasteiger charge is -2.12. The van der Waals surface area contributed by atoms with E-state index in [-0.39, 0.29) is 24.0 Å². The molecular weight excluding hydrogens is 485 g/mol. The summed E-state index contributed by atoms with van der Waals surface area (Å²) < 4.78 is 11.0. The van der Waals surface area contributed by atoms with E-state index in [4.69, 9.17) is 44.9 Å². The lowest BCUT2D eigenvalue weighted by atomic mass is 9.99. The topological polar surface area (TPSA) is 88.7 Å².